The molecule has 96 valence electrons. The zero-order valence-corrected chi connectivity index (χ0v) is 10.1. The quantitative estimate of drug-likeness (QED) is 0.613. The number of carbonyl (C=O) groups is 2. The van der Waals surface area contributed by atoms with Gasteiger partial charge in [0.2, 0.25) is 5.91 Å². The molecule has 7 nitrogen and oxygen atoms in total. The number of hydrogen-bond acceptors (Lipinski definition) is 4. The van der Waals surface area contributed by atoms with Gasteiger partial charge in [-0.25, -0.2) is 0 Å². The van der Waals surface area contributed by atoms with Crippen molar-refractivity contribution in [2.24, 2.45) is 10.3 Å². The van der Waals surface area contributed by atoms with Crippen molar-refractivity contribution < 1.29 is 14.7 Å². The van der Waals surface area contributed by atoms with Crippen LogP contribution in [-0.2, 0) is 9.59 Å². The van der Waals surface area contributed by atoms with E-state index in [1.165, 1.54) is 19.0 Å². The number of rotatable bonds is 5. The van der Waals surface area contributed by atoms with Crippen LogP contribution in [0.2, 0.25) is 0 Å². The Morgan fingerprint density at radius 1 is 1.44 bits per heavy atom. The Balaban J connectivity index is 2.69. The molecule has 1 amide bonds. The second-order valence-electron chi connectivity index (χ2n) is 3.63. The number of carboxylic acid groups (broad SMARTS) is 1. The highest BCUT2D eigenvalue weighted by Crippen LogP contribution is 2.18. The van der Waals surface area contributed by atoms with Crippen LogP contribution in [0.1, 0.15) is 6.92 Å². The average molecular weight is 250 g/mol. The second-order valence-corrected chi connectivity index (χ2v) is 3.63. The molecule has 0 saturated carbocycles. The third kappa shape index (κ3) is 5.06. The molecule has 18 heavy (non-hydrogen) atoms. The Labute approximate surface area is 104 Å². The molecule has 0 unspecified atom stereocenters. The Bertz CT molecular complexity index is 473. The van der Waals surface area contributed by atoms with Gasteiger partial charge in [-0.15, -0.1) is 5.11 Å². The summed E-state index contributed by atoms with van der Waals surface area (Å²) < 4.78 is 0. The van der Waals surface area contributed by atoms with Crippen molar-refractivity contribution in [3.63, 3.8) is 0 Å². The number of aliphatic carboxylic acids is 1. The van der Waals surface area contributed by atoms with E-state index in [0.717, 1.165) is 0 Å². The molecule has 7 heteroatoms. The smallest absolute Gasteiger partial charge is 0.324 e. The van der Waals surface area contributed by atoms with Crippen LogP contribution in [-0.4, -0.2) is 35.6 Å². The van der Waals surface area contributed by atoms with Gasteiger partial charge in [0.15, 0.2) is 0 Å². The fraction of sp³-hybridized carbons (Fsp3) is 0.273. The fourth-order valence-corrected chi connectivity index (χ4v) is 1.20. The van der Waals surface area contributed by atoms with Gasteiger partial charge in [-0.05, 0) is 18.2 Å². The maximum Gasteiger partial charge on any atom is 0.324 e. The molecule has 1 aromatic rings. The lowest BCUT2D eigenvalue weighted by Crippen LogP contribution is -2.19. The van der Waals surface area contributed by atoms with Gasteiger partial charge in [0.05, 0.1) is 5.69 Å². The Hall–Kier alpha value is -2.44. The molecule has 0 bridgehead atoms. The zero-order chi connectivity index (χ0) is 13.5. The maximum atomic E-state index is 10.9. The molecule has 0 heterocycles. The highest BCUT2D eigenvalue weighted by molar-refractivity contribution is 5.89. The fourth-order valence-electron chi connectivity index (χ4n) is 1.20. The topological polar surface area (TPSA) is 94.4 Å². The van der Waals surface area contributed by atoms with Gasteiger partial charge in [-0.2, -0.15) is 0 Å². The van der Waals surface area contributed by atoms with Crippen molar-refractivity contribution in [2.75, 3.05) is 18.9 Å². The van der Waals surface area contributed by atoms with Gasteiger partial charge in [-0.1, -0.05) is 11.3 Å². The van der Waals surface area contributed by atoms with Gasteiger partial charge in [0.1, 0.15) is 6.54 Å². The van der Waals surface area contributed by atoms with Crippen molar-refractivity contribution >= 4 is 23.3 Å². The lowest BCUT2D eigenvalue weighted by Gasteiger charge is -2.07. The Morgan fingerprint density at radius 3 is 2.78 bits per heavy atom. The molecule has 0 aliphatic heterocycles. The van der Waals surface area contributed by atoms with Crippen molar-refractivity contribution in [1.82, 2.24) is 5.01 Å². The summed E-state index contributed by atoms with van der Waals surface area (Å²) in [6, 6.07) is 6.78. The van der Waals surface area contributed by atoms with Gasteiger partial charge >= 0.3 is 5.97 Å². The predicted molar refractivity (Wildman–Crippen MR) is 65.5 cm³/mol. The molecular weight excluding hydrogens is 236 g/mol. The number of carboxylic acids is 1. The van der Waals surface area contributed by atoms with Crippen LogP contribution in [0, 0.1) is 0 Å². The molecule has 0 atom stereocenters. The average Bonchev–Trinajstić information content (AvgIpc) is 2.25. The van der Waals surface area contributed by atoms with Crippen LogP contribution in [0.3, 0.4) is 0 Å². The van der Waals surface area contributed by atoms with Crippen LogP contribution in [0.5, 0.6) is 0 Å². The number of amides is 1. The molecule has 0 fully saturated rings. The first-order chi connectivity index (χ1) is 8.47. The van der Waals surface area contributed by atoms with Gasteiger partial charge in [-0.3, -0.25) is 14.6 Å². The summed E-state index contributed by atoms with van der Waals surface area (Å²) in [5.41, 5.74) is 1.14. The molecular formula is C11H14N4O3. The summed E-state index contributed by atoms with van der Waals surface area (Å²) >= 11 is 0. The largest absolute Gasteiger partial charge is 0.480 e. The number of likely N-dealkylation sites (N-methyl/N-ethyl adjacent to an activating group) is 1. The molecule has 0 spiro atoms. The minimum absolute atomic E-state index is 0.174. The molecule has 0 saturated heterocycles. The van der Waals surface area contributed by atoms with Gasteiger partial charge in [0.25, 0.3) is 0 Å². The number of hydrogen-bond donors (Lipinski definition) is 2. The minimum atomic E-state index is -0.983. The van der Waals surface area contributed by atoms with Crippen molar-refractivity contribution in [1.29, 1.82) is 0 Å². The summed E-state index contributed by atoms with van der Waals surface area (Å²) in [6.07, 6.45) is 0. The standard InChI is InChI=1S/C11H14N4O3/c1-8(16)12-9-4-3-5-10(6-9)13-14-15(2)7-11(17)18/h3-6H,7H2,1-2H3,(H,12,16)(H,17,18). The molecule has 0 aliphatic rings. The third-order valence-corrected chi connectivity index (χ3v) is 1.84. The van der Waals surface area contributed by atoms with Crippen LogP contribution in [0.15, 0.2) is 34.6 Å². The summed E-state index contributed by atoms with van der Waals surface area (Å²) in [5, 5.41) is 19.9. The van der Waals surface area contributed by atoms with Crippen molar-refractivity contribution in [2.45, 2.75) is 6.92 Å². The third-order valence-electron chi connectivity index (χ3n) is 1.84. The first-order valence-corrected chi connectivity index (χ1v) is 5.19. The number of anilines is 1. The van der Waals surface area contributed by atoms with E-state index in [0.29, 0.717) is 11.4 Å². The van der Waals surface area contributed by atoms with E-state index < -0.39 is 5.97 Å². The first kappa shape index (κ1) is 13.6. The second kappa shape index (κ2) is 6.33. The first-order valence-electron chi connectivity index (χ1n) is 5.19. The molecule has 0 aliphatic carbocycles. The summed E-state index contributed by atoms with van der Waals surface area (Å²) in [4.78, 5) is 21.3. The number of benzene rings is 1. The van der Waals surface area contributed by atoms with Gasteiger partial charge < -0.3 is 10.4 Å². The molecule has 1 rings (SSSR count). The van der Waals surface area contributed by atoms with Crippen LogP contribution in [0.4, 0.5) is 11.4 Å². The number of nitrogens with zero attached hydrogens (tertiary/aromatic N) is 3. The lowest BCUT2D eigenvalue weighted by atomic mass is 10.3. The highest BCUT2D eigenvalue weighted by Gasteiger charge is 2.01. The van der Waals surface area contributed by atoms with Gasteiger partial charge in [0, 0.05) is 19.7 Å². The molecule has 0 radical (unpaired) electrons. The lowest BCUT2D eigenvalue weighted by molar-refractivity contribution is -0.138. The Morgan fingerprint density at radius 2 is 2.17 bits per heavy atom. The molecule has 0 aromatic heterocycles. The van der Waals surface area contributed by atoms with E-state index in [1.807, 2.05) is 0 Å². The van der Waals surface area contributed by atoms with E-state index in [-0.39, 0.29) is 12.5 Å². The Kier molecular flexibility index (Phi) is 4.79. The number of nitrogens with one attached hydrogen (secondary N) is 1. The van der Waals surface area contributed by atoms with Crippen LogP contribution < -0.4 is 5.32 Å². The van der Waals surface area contributed by atoms with E-state index in [9.17, 15) is 9.59 Å². The summed E-state index contributed by atoms with van der Waals surface area (Å²) in [5.74, 6) is -1.16. The van der Waals surface area contributed by atoms with E-state index in [1.54, 1.807) is 24.3 Å². The predicted octanol–water partition coefficient (Wildman–Crippen LogP) is 1.66. The maximum absolute atomic E-state index is 10.9. The van der Waals surface area contributed by atoms with Crippen molar-refractivity contribution in [3.8, 4) is 0 Å². The monoisotopic (exact) mass is 250 g/mol. The highest BCUT2D eigenvalue weighted by atomic mass is 16.4. The van der Waals surface area contributed by atoms with Crippen LogP contribution >= 0.6 is 0 Å². The summed E-state index contributed by atoms with van der Waals surface area (Å²) in [7, 11) is 1.51. The molecule has 1 aromatic carbocycles. The summed E-state index contributed by atoms with van der Waals surface area (Å²) in [6.45, 7) is 1.18. The number of carbonyl (C=O) groups excluding carboxylic acids is 1. The SMILES string of the molecule is CC(=O)Nc1cccc(N=NN(C)CC(=O)O)c1. The van der Waals surface area contributed by atoms with Crippen LogP contribution in [0.25, 0.3) is 0 Å². The van der Waals surface area contributed by atoms with E-state index in [4.69, 9.17) is 5.11 Å². The van der Waals surface area contributed by atoms with E-state index >= 15 is 0 Å². The zero-order valence-electron chi connectivity index (χ0n) is 10.1. The van der Waals surface area contributed by atoms with E-state index in [2.05, 4.69) is 15.7 Å². The molecule has 2 N–H and O–H groups in total. The minimum Gasteiger partial charge on any atom is -0.480 e. The van der Waals surface area contributed by atoms with Crippen molar-refractivity contribution in [3.05, 3.63) is 24.3 Å². The normalized spacial score (nSPS) is 10.3.